The van der Waals surface area contributed by atoms with Crippen molar-refractivity contribution in [3.8, 4) is 0 Å². The van der Waals surface area contributed by atoms with Gasteiger partial charge in [-0.25, -0.2) is 0 Å². The van der Waals surface area contributed by atoms with Crippen LogP contribution in [0.5, 0.6) is 0 Å². The molecule has 0 aromatic carbocycles. The first-order valence-electron chi connectivity index (χ1n) is 6.20. The highest BCUT2D eigenvalue weighted by atomic mass is 33.1. The molecule has 120 valence electrons. The van der Waals surface area contributed by atoms with Crippen LogP contribution in [0.4, 0.5) is 0 Å². The molecule has 20 heavy (non-hydrogen) atoms. The van der Waals surface area contributed by atoms with Gasteiger partial charge in [-0.1, -0.05) is 40.2 Å². The van der Waals surface area contributed by atoms with Crippen LogP contribution in [0.3, 0.4) is 0 Å². The molecule has 0 spiro atoms. The number of hydrogen-bond donors (Lipinski definition) is 3. The molecule has 0 amide bonds. The third kappa shape index (κ3) is 9.41. The molecular weight excluding hydrogens is 334 g/mol. The van der Waals surface area contributed by atoms with Crippen molar-refractivity contribution in [2.45, 2.75) is 49.6 Å². The Morgan fingerprint density at radius 1 is 1.30 bits per heavy atom. The first kappa shape index (κ1) is 23.6. The minimum atomic E-state index is -1.08. The standard InChI is InChI=1S/C9H18BO2PS3.2CH4O/c1-7-8(9(2,3)16-15-7)12-13(14)11-6-4-5-10;2*1-2/h7-8,14H,4-6H2,1-3H3;2*2H,1H3. The van der Waals surface area contributed by atoms with Crippen molar-refractivity contribution >= 4 is 49.3 Å². The van der Waals surface area contributed by atoms with E-state index in [-0.39, 0.29) is 10.9 Å². The fourth-order valence-corrected chi connectivity index (χ4v) is 6.24. The summed E-state index contributed by atoms with van der Waals surface area (Å²) in [5.41, 5.74) is 0. The summed E-state index contributed by atoms with van der Waals surface area (Å²) in [6.07, 6.45) is 1.70. The Morgan fingerprint density at radius 2 is 1.85 bits per heavy atom. The number of rotatable bonds is 6. The number of thiol groups is 1. The molecule has 1 aliphatic rings. The summed E-state index contributed by atoms with van der Waals surface area (Å²) < 4.78 is 11.5. The van der Waals surface area contributed by atoms with Gasteiger partial charge in [0.15, 0.2) is 0 Å². The maximum Gasteiger partial charge on any atom is 0.235 e. The monoisotopic (exact) mass is 360 g/mol. The molecular formula is C11H26BO4PS3. The van der Waals surface area contributed by atoms with E-state index in [4.69, 9.17) is 27.1 Å². The Balaban J connectivity index is 0. The average Bonchev–Trinajstić information content (AvgIpc) is 2.70. The van der Waals surface area contributed by atoms with Crippen molar-refractivity contribution in [3.63, 3.8) is 0 Å². The highest BCUT2D eigenvalue weighted by Gasteiger charge is 2.43. The van der Waals surface area contributed by atoms with Gasteiger partial charge in [0.05, 0.1) is 20.6 Å². The van der Waals surface area contributed by atoms with E-state index in [1.165, 1.54) is 0 Å². The van der Waals surface area contributed by atoms with E-state index in [1.807, 2.05) is 21.6 Å². The van der Waals surface area contributed by atoms with Gasteiger partial charge in [0.1, 0.15) is 0 Å². The van der Waals surface area contributed by atoms with Crippen molar-refractivity contribution in [3.05, 3.63) is 0 Å². The molecule has 0 aliphatic carbocycles. The molecule has 0 bridgehead atoms. The zero-order valence-corrected chi connectivity index (χ0v) is 16.2. The van der Waals surface area contributed by atoms with Crippen LogP contribution >= 0.6 is 41.4 Å². The molecule has 4 nitrogen and oxygen atoms in total. The van der Waals surface area contributed by atoms with Gasteiger partial charge in [-0.3, -0.25) is 0 Å². The lowest BCUT2D eigenvalue weighted by molar-refractivity contribution is 0.164. The van der Waals surface area contributed by atoms with Crippen molar-refractivity contribution < 1.29 is 19.3 Å². The predicted octanol–water partition coefficient (Wildman–Crippen LogP) is 3.30. The first-order chi connectivity index (χ1) is 9.47. The molecule has 0 aromatic rings. The van der Waals surface area contributed by atoms with Crippen molar-refractivity contribution in [2.24, 2.45) is 0 Å². The molecule has 9 heteroatoms. The highest BCUT2D eigenvalue weighted by molar-refractivity contribution is 8.77. The Hall–Kier alpha value is 1.38. The van der Waals surface area contributed by atoms with E-state index in [1.54, 1.807) is 0 Å². The molecule has 1 aliphatic heterocycles. The Morgan fingerprint density at radius 3 is 2.25 bits per heavy atom. The zero-order valence-electron chi connectivity index (χ0n) is 12.8. The normalized spacial score (nSPS) is 25.0. The lowest BCUT2D eigenvalue weighted by Crippen LogP contribution is -2.35. The second kappa shape index (κ2) is 14.0. The van der Waals surface area contributed by atoms with Crippen molar-refractivity contribution in [1.29, 1.82) is 0 Å². The maximum atomic E-state index is 7.00. The quantitative estimate of drug-likeness (QED) is 0.222. The predicted molar refractivity (Wildman–Crippen MR) is 96.9 cm³/mol. The minimum absolute atomic E-state index is 0.130. The summed E-state index contributed by atoms with van der Waals surface area (Å²) >= 11 is 4.36. The van der Waals surface area contributed by atoms with Gasteiger partial charge < -0.3 is 19.3 Å². The third-order valence-corrected chi connectivity index (χ3v) is 7.52. The summed E-state index contributed by atoms with van der Waals surface area (Å²) in [5.74, 6) is 0. The summed E-state index contributed by atoms with van der Waals surface area (Å²) in [7, 11) is 10.1. The molecule has 1 heterocycles. The van der Waals surface area contributed by atoms with Crippen LogP contribution in [-0.4, -0.2) is 55.0 Å². The molecule has 0 saturated carbocycles. The molecule has 1 rings (SSSR count). The van der Waals surface area contributed by atoms with Crippen molar-refractivity contribution in [2.75, 3.05) is 20.8 Å². The maximum absolute atomic E-state index is 7.00. The van der Waals surface area contributed by atoms with Crippen LogP contribution in [0.15, 0.2) is 0 Å². The van der Waals surface area contributed by atoms with E-state index in [2.05, 4.69) is 33.0 Å². The summed E-state index contributed by atoms with van der Waals surface area (Å²) in [5, 5.41) is 14.5. The van der Waals surface area contributed by atoms with Gasteiger partial charge in [0.2, 0.25) is 7.58 Å². The highest BCUT2D eigenvalue weighted by Crippen LogP contribution is 2.57. The molecule has 0 aromatic heterocycles. The fourth-order valence-electron chi connectivity index (χ4n) is 1.43. The Labute approximate surface area is 139 Å². The van der Waals surface area contributed by atoms with Crippen LogP contribution in [0, 0.1) is 0 Å². The van der Waals surface area contributed by atoms with E-state index < -0.39 is 7.58 Å². The number of aliphatic hydroxyl groups is 2. The summed E-state index contributed by atoms with van der Waals surface area (Å²) in [4.78, 5) is 0. The number of hydrogen-bond acceptors (Lipinski definition) is 7. The minimum Gasteiger partial charge on any atom is -0.400 e. The molecule has 2 radical (unpaired) electrons. The zero-order chi connectivity index (χ0) is 16.2. The molecule has 1 fully saturated rings. The second-order valence-electron chi connectivity index (χ2n) is 4.23. The summed E-state index contributed by atoms with van der Waals surface area (Å²) in [6.45, 7) is 7.23. The van der Waals surface area contributed by atoms with Gasteiger partial charge in [0, 0.05) is 24.2 Å². The van der Waals surface area contributed by atoms with Gasteiger partial charge in [-0.05, 0) is 27.2 Å². The van der Waals surface area contributed by atoms with Crippen LogP contribution in [0.25, 0.3) is 0 Å². The largest absolute Gasteiger partial charge is 0.400 e. The molecule has 3 atom stereocenters. The average molecular weight is 360 g/mol. The van der Waals surface area contributed by atoms with Crippen LogP contribution < -0.4 is 0 Å². The van der Waals surface area contributed by atoms with Gasteiger partial charge in [-0.2, -0.15) is 0 Å². The van der Waals surface area contributed by atoms with Crippen LogP contribution in [0.2, 0.25) is 6.32 Å². The molecule has 3 unspecified atom stereocenters. The molecule has 1 saturated heterocycles. The van der Waals surface area contributed by atoms with Gasteiger partial charge in [0.25, 0.3) is 0 Å². The lowest BCUT2D eigenvalue weighted by Gasteiger charge is -2.28. The topological polar surface area (TPSA) is 58.9 Å². The molecule has 2 N–H and O–H groups in total. The SMILES string of the molecule is CO.CO.[B]CCCOP(S)OC1C(C)SSC1(C)C. The Kier molecular flexibility index (Phi) is 16.6. The third-order valence-electron chi connectivity index (χ3n) is 2.28. The summed E-state index contributed by atoms with van der Waals surface area (Å²) in [6, 6.07) is 0. The van der Waals surface area contributed by atoms with Gasteiger partial charge >= 0.3 is 0 Å². The van der Waals surface area contributed by atoms with E-state index in [0.29, 0.717) is 18.2 Å². The van der Waals surface area contributed by atoms with Gasteiger partial charge in [-0.15, -0.1) is 0 Å². The fraction of sp³-hybridized carbons (Fsp3) is 1.00. The Bertz CT molecular complexity index is 228. The smallest absolute Gasteiger partial charge is 0.235 e. The second-order valence-corrected chi connectivity index (χ2v) is 9.38. The lowest BCUT2D eigenvalue weighted by atomic mass is 10.0. The van der Waals surface area contributed by atoms with E-state index >= 15 is 0 Å². The first-order valence-corrected chi connectivity index (χ1v) is 10.7. The van der Waals surface area contributed by atoms with Crippen LogP contribution in [-0.2, 0) is 9.05 Å². The van der Waals surface area contributed by atoms with Crippen molar-refractivity contribution in [1.82, 2.24) is 0 Å². The van der Waals surface area contributed by atoms with E-state index in [9.17, 15) is 0 Å². The number of aliphatic hydroxyl groups excluding tert-OH is 2. The van der Waals surface area contributed by atoms with Crippen LogP contribution in [0.1, 0.15) is 27.2 Å². The van der Waals surface area contributed by atoms with E-state index in [0.717, 1.165) is 20.6 Å².